The SMILES string of the molecule is CC[CH]Oc1cccc(N)c1. The number of nitrogens with two attached hydrogens (primary N) is 1. The third-order valence-corrected chi connectivity index (χ3v) is 1.24. The largest absolute Gasteiger partial charge is 0.487 e. The van der Waals surface area contributed by atoms with Crippen molar-refractivity contribution in [1.82, 2.24) is 0 Å². The van der Waals surface area contributed by atoms with Crippen LogP contribution in [-0.4, -0.2) is 0 Å². The summed E-state index contributed by atoms with van der Waals surface area (Å²) in [6.07, 6.45) is 0.898. The molecule has 0 saturated heterocycles. The first kappa shape index (κ1) is 7.92. The van der Waals surface area contributed by atoms with Crippen LogP contribution in [0.1, 0.15) is 13.3 Å². The third kappa shape index (κ3) is 2.50. The van der Waals surface area contributed by atoms with Crippen LogP contribution in [0.15, 0.2) is 24.3 Å². The summed E-state index contributed by atoms with van der Waals surface area (Å²) in [5.74, 6) is 0.798. The van der Waals surface area contributed by atoms with E-state index >= 15 is 0 Å². The highest BCUT2D eigenvalue weighted by Gasteiger charge is 1.91. The molecule has 1 rings (SSSR count). The molecule has 0 bridgehead atoms. The van der Waals surface area contributed by atoms with Crippen molar-refractivity contribution in [2.75, 3.05) is 5.73 Å². The van der Waals surface area contributed by atoms with E-state index in [0.717, 1.165) is 17.9 Å². The van der Waals surface area contributed by atoms with E-state index in [0.29, 0.717) is 0 Å². The Morgan fingerprint density at radius 2 is 2.36 bits per heavy atom. The van der Waals surface area contributed by atoms with E-state index in [-0.39, 0.29) is 0 Å². The Kier molecular flexibility index (Phi) is 2.78. The molecule has 59 valence electrons. The molecule has 0 aliphatic rings. The van der Waals surface area contributed by atoms with Gasteiger partial charge in [-0.15, -0.1) is 0 Å². The minimum Gasteiger partial charge on any atom is -0.487 e. The number of nitrogen functional groups attached to an aromatic ring is 1. The molecule has 1 aromatic rings. The van der Waals surface area contributed by atoms with Crippen LogP contribution in [0.5, 0.6) is 5.75 Å². The first-order valence-corrected chi connectivity index (χ1v) is 3.67. The van der Waals surface area contributed by atoms with Crippen molar-refractivity contribution >= 4 is 5.69 Å². The Morgan fingerprint density at radius 3 is 3.00 bits per heavy atom. The van der Waals surface area contributed by atoms with E-state index in [1.54, 1.807) is 12.7 Å². The molecule has 1 radical (unpaired) electrons. The molecule has 0 spiro atoms. The average molecular weight is 150 g/mol. The second-order valence-corrected chi connectivity index (χ2v) is 2.27. The van der Waals surface area contributed by atoms with Gasteiger partial charge in [0.1, 0.15) is 12.4 Å². The van der Waals surface area contributed by atoms with Gasteiger partial charge < -0.3 is 10.5 Å². The lowest BCUT2D eigenvalue weighted by Gasteiger charge is -2.02. The maximum absolute atomic E-state index is 5.54. The van der Waals surface area contributed by atoms with Gasteiger partial charge in [-0.05, 0) is 18.6 Å². The summed E-state index contributed by atoms with van der Waals surface area (Å²) < 4.78 is 5.23. The van der Waals surface area contributed by atoms with Crippen molar-refractivity contribution in [3.05, 3.63) is 30.9 Å². The van der Waals surface area contributed by atoms with Crippen molar-refractivity contribution in [3.63, 3.8) is 0 Å². The van der Waals surface area contributed by atoms with E-state index in [4.69, 9.17) is 10.5 Å². The van der Waals surface area contributed by atoms with Gasteiger partial charge in [-0.3, -0.25) is 0 Å². The third-order valence-electron chi connectivity index (χ3n) is 1.24. The summed E-state index contributed by atoms with van der Waals surface area (Å²) in [6, 6.07) is 7.38. The number of hydrogen-bond acceptors (Lipinski definition) is 2. The Labute approximate surface area is 67.0 Å². The second kappa shape index (κ2) is 3.86. The van der Waals surface area contributed by atoms with Crippen LogP contribution in [0.2, 0.25) is 0 Å². The number of anilines is 1. The van der Waals surface area contributed by atoms with Gasteiger partial charge in [0.15, 0.2) is 0 Å². The van der Waals surface area contributed by atoms with E-state index in [1.807, 2.05) is 25.1 Å². The molecule has 11 heavy (non-hydrogen) atoms. The zero-order chi connectivity index (χ0) is 8.10. The lowest BCUT2D eigenvalue weighted by Crippen LogP contribution is -1.89. The standard InChI is InChI=1S/C9H12NO/c1-2-6-11-9-5-3-4-8(10)7-9/h3-7H,2,10H2,1H3. The molecular formula is C9H12NO. The van der Waals surface area contributed by atoms with Crippen molar-refractivity contribution < 1.29 is 4.74 Å². The molecule has 0 aliphatic heterocycles. The van der Waals surface area contributed by atoms with Gasteiger partial charge in [0.25, 0.3) is 0 Å². The van der Waals surface area contributed by atoms with Gasteiger partial charge in [-0.2, -0.15) is 0 Å². The van der Waals surface area contributed by atoms with Crippen LogP contribution >= 0.6 is 0 Å². The molecule has 0 atom stereocenters. The summed E-state index contributed by atoms with van der Waals surface area (Å²) in [5, 5.41) is 0. The fourth-order valence-corrected chi connectivity index (χ4v) is 0.767. The van der Waals surface area contributed by atoms with Gasteiger partial charge in [0, 0.05) is 11.8 Å². The van der Waals surface area contributed by atoms with Crippen LogP contribution in [0.4, 0.5) is 5.69 Å². The molecule has 2 N–H and O–H groups in total. The normalized spacial score (nSPS) is 9.55. The number of rotatable bonds is 3. The molecule has 0 unspecified atom stereocenters. The summed E-state index contributed by atoms with van der Waals surface area (Å²) in [4.78, 5) is 0. The van der Waals surface area contributed by atoms with Crippen LogP contribution < -0.4 is 10.5 Å². The molecule has 0 amide bonds. The van der Waals surface area contributed by atoms with Crippen molar-refractivity contribution in [2.45, 2.75) is 13.3 Å². The zero-order valence-electron chi connectivity index (χ0n) is 6.58. The number of ether oxygens (including phenoxy) is 1. The summed E-state index contributed by atoms with van der Waals surface area (Å²) >= 11 is 0. The number of hydrogen-bond donors (Lipinski definition) is 1. The minimum atomic E-state index is 0.729. The summed E-state index contributed by atoms with van der Waals surface area (Å²) in [6.45, 7) is 3.76. The molecule has 1 aromatic carbocycles. The van der Waals surface area contributed by atoms with Gasteiger partial charge in [-0.25, -0.2) is 0 Å². The lowest BCUT2D eigenvalue weighted by atomic mass is 10.3. The van der Waals surface area contributed by atoms with Crippen LogP contribution in [0.25, 0.3) is 0 Å². The topological polar surface area (TPSA) is 35.2 Å². The molecular weight excluding hydrogens is 138 g/mol. The molecule has 0 aromatic heterocycles. The smallest absolute Gasteiger partial charge is 0.135 e. The Morgan fingerprint density at radius 1 is 1.55 bits per heavy atom. The summed E-state index contributed by atoms with van der Waals surface area (Å²) in [7, 11) is 0. The van der Waals surface area contributed by atoms with Crippen LogP contribution in [0, 0.1) is 6.61 Å². The highest BCUT2D eigenvalue weighted by Crippen LogP contribution is 2.15. The van der Waals surface area contributed by atoms with Gasteiger partial charge in [0.2, 0.25) is 0 Å². The molecule has 0 fully saturated rings. The highest BCUT2D eigenvalue weighted by atomic mass is 16.5. The quantitative estimate of drug-likeness (QED) is 0.670. The first-order valence-electron chi connectivity index (χ1n) is 3.67. The Bertz CT molecular complexity index is 223. The van der Waals surface area contributed by atoms with E-state index < -0.39 is 0 Å². The Hall–Kier alpha value is -1.18. The fourth-order valence-electron chi connectivity index (χ4n) is 0.767. The molecule has 2 heteroatoms. The first-order chi connectivity index (χ1) is 5.33. The highest BCUT2D eigenvalue weighted by molar-refractivity contribution is 5.43. The summed E-state index contributed by atoms with van der Waals surface area (Å²) in [5.41, 5.74) is 6.27. The van der Waals surface area contributed by atoms with Gasteiger partial charge >= 0.3 is 0 Å². The second-order valence-electron chi connectivity index (χ2n) is 2.27. The van der Waals surface area contributed by atoms with Crippen molar-refractivity contribution in [1.29, 1.82) is 0 Å². The van der Waals surface area contributed by atoms with E-state index in [1.165, 1.54) is 0 Å². The average Bonchev–Trinajstić information content (AvgIpc) is 2.01. The molecule has 0 aliphatic carbocycles. The monoisotopic (exact) mass is 150 g/mol. The zero-order valence-corrected chi connectivity index (χ0v) is 6.58. The molecule has 0 saturated carbocycles. The van der Waals surface area contributed by atoms with E-state index in [9.17, 15) is 0 Å². The number of benzene rings is 1. The Balaban J connectivity index is 2.56. The van der Waals surface area contributed by atoms with Crippen LogP contribution in [0.3, 0.4) is 0 Å². The molecule has 2 nitrogen and oxygen atoms in total. The predicted octanol–water partition coefficient (Wildman–Crippen LogP) is 2.22. The lowest BCUT2D eigenvalue weighted by molar-refractivity contribution is 0.397. The van der Waals surface area contributed by atoms with Crippen LogP contribution in [-0.2, 0) is 0 Å². The predicted molar refractivity (Wildman–Crippen MR) is 46.1 cm³/mol. The van der Waals surface area contributed by atoms with Crippen molar-refractivity contribution in [2.24, 2.45) is 0 Å². The van der Waals surface area contributed by atoms with Gasteiger partial charge in [-0.1, -0.05) is 13.0 Å². The van der Waals surface area contributed by atoms with Crippen molar-refractivity contribution in [3.8, 4) is 5.75 Å². The molecule has 0 heterocycles. The maximum Gasteiger partial charge on any atom is 0.135 e. The minimum absolute atomic E-state index is 0.729. The fraction of sp³-hybridized carbons (Fsp3) is 0.222. The van der Waals surface area contributed by atoms with Gasteiger partial charge in [0.05, 0.1) is 0 Å². The maximum atomic E-state index is 5.54. The van der Waals surface area contributed by atoms with E-state index in [2.05, 4.69) is 0 Å².